The molecule has 0 saturated carbocycles. The number of anilines is 1. The smallest absolute Gasteiger partial charge is 0.335 e. The molecule has 1 aliphatic heterocycles. The van der Waals surface area contributed by atoms with Crippen molar-refractivity contribution in [3.8, 4) is 0 Å². The number of fused-ring (bicyclic) bond motifs is 1. The Morgan fingerprint density at radius 1 is 1.03 bits per heavy atom. The molecule has 0 unspecified atom stereocenters. The van der Waals surface area contributed by atoms with Gasteiger partial charge < -0.3 is 19.9 Å². The topological polar surface area (TPSA) is 77.8 Å². The molecule has 3 aromatic rings. The molecule has 7 heteroatoms. The van der Waals surface area contributed by atoms with E-state index in [-0.39, 0.29) is 18.1 Å². The van der Waals surface area contributed by atoms with E-state index >= 15 is 0 Å². The number of carbonyl (C=O) groups excluding carboxylic acids is 1. The summed E-state index contributed by atoms with van der Waals surface area (Å²) < 4.78 is 2.05. The van der Waals surface area contributed by atoms with Gasteiger partial charge >= 0.3 is 12.0 Å². The molecule has 0 radical (unpaired) electrons. The highest BCUT2D eigenvalue weighted by molar-refractivity contribution is 5.93. The first kappa shape index (κ1) is 20.9. The van der Waals surface area contributed by atoms with Crippen molar-refractivity contribution in [2.75, 3.05) is 18.4 Å². The lowest BCUT2D eigenvalue weighted by Gasteiger charge is -2.44. The van der Waals surface area contributed by atoms with Gasteiger partial charge in [-0.25, -0.2) is 9.59 Å². The molecule has 1 aromatic heterocycles. The molecule has 2 N–H and O–H groups in total. The number of hydrogen-bond acceptors (Lipinski definition) is 3. The predicted molar refractivity (Wildman–Crippen MR) is 121 cm³/mol. The third kappa shape index (κ3) is 4.41. The van der Waals surface area contributed by atoms with Gasteiger partial charge in [0.2, 0.25) is 0 Å². The standard InChI is InChI=1S/C24H28N4O3/c1-16-13-27(24(31)25-21-8-9-22-20(12-21)10-11-26(22)3)14-17(2)28(16)15-18-4-6-19(7-5-18)23(29)30/h4-12,16-17H,13-15H2,1-3H3,(H,25,31)(H,29,30)/t16-,17+. The van der Waals surface area contributed by atoms with Crippen molar-refractivity contribution >= 4 is 28.6 Å². The van der Waals surface area contributed by atoms with Crippen molar-refractivity contribution in [1.82, 2.24) is 14.4 Å². The Hall–Kier alpha value is -3.32. The second kappa shape index (κ2) is 8.43. The lowest BCUT2D eigenvalue weighted by Crippen LogP contribution is -2.58. The molecular weight excluding hydrogens is 392 g/mol. The average molecular weight is 421 g/mol. The molecule has 0 spiro atoms. The van der Waals surface area contributed by atoms with E-state index in [4.69, 9.17) is 5.11 Å². The Kier molecular flexibility index (Phi) is 5.69. The van der Waals surface area contributed by atoms with Crippen molar-refractivity contribution in [3.05, 3.63) is 65.9 Å². The van der Waals surface area contributed by atoms with E-state index in [1.54, 1.807) is 12.1 Å². The molecular formula is C24H28N4O3. The summed E-state index contributed by atoms with van der Waals surface area (Å²) in [5.41, 5.74) is 3.29. The number of hydrogen-bond donors (Lipinski definition) is 2. The van der Waals surface area contributed by atoms with Gasteiger partial charge in [-0.3, -0.25) is 4.90 Å². The fraction of sp³-hybridized carbons (Fsp3) is 0.333. The van der Waals surface area contributed by atoms with Crippen LogP contribution >= 0.6 is 0 Å². The maximum absolute atomic E-state index is 12.9. The second-order valence-corrected chi connectivity index (χ2v) is 8.41. The zero-order chi connectivity index (χ0) is 22.1. The average Bonchev–Trinajstić information content (AvgIpc) is 3.11. The summed E-state index contributed by atoms with van der Waals surface area (Å²) >= 11 is 0. The largest absolute Gasteiger partial charge is 0.478 e. The van der Waals surface area contributed by atoms with E-state index in [1.165, 1.54) is 0 Å². The van der Waals surface area contributed by atoms with Crippen LogP contribution in [0.1, 0.15) is 29.8 Å². The van der Waals surface area contributed by atoms with Crippen molar-refractivity contribution in [2.24, 2.45) is 7.05 Å². The van der Waals surface area contributed by atoms with E-state index < -0.39 is 5.97 Å². The molecule has 0 aliphatic carbocycles. The monoisotopic (exact) mass is 420 g/mol. The van der Waals surface area contributed by atoms with Crippen LogP contribution in [0, 0.1) is 0 Å². The number of piperazine rings is 1. The summed E-state index contributed by atoms with van der Waals surface area (Å²) in [6.45, 7) is 6.24. The molecule has 2 amide bonds. The minimum atomic E-state index is -0.917. The first-order valence-electron chi connectivity index (χ1n) is 10.5. The molecule has 31 heavy (non-hydrogen) atoms. The number of benzene rings is 2. The van der Waals surface area contributed by atoms with Crippen LogP contribution in [-0.2, 0) is 13.6 Å². The number of rotatable bonds is 4. The number of aryl methyl sites for hydroxylation is 1. The van der Waals surface area contributed by atoms with Crippen molar-refractivity contribution in [3.63, 3.8) is 0 Å². The molecule has 2 aromatic carbocycles. The highest BCUT2D eigenvalue weighted by Gasteiger charge is 2.31. The van der Waals surface area contributed by atoms with Crippen LogP contribution in [0.15, 0.2) is 54.7 Å². The number of urea groups is 1. The van der Waals surface area contributed by atoms with Crippen LogP contribution in [0.2, 0.25) is 0 Å². The summed E-state index contributed by atoms with van der Waals surface area (Å²) in [5.74, 6) is -0.917. The molecule has 162 valence electrons. The minimum Gasteiger partial charge on any atom is -0.478 e. The maximum Gasteiger partial charge on any atom is 0.335 e. The van der Waals surface area contributed by atoms with Crippen LogP contribution in [0.3, 0.4) is 0 Å². The van der Waals surface area contributed by atoms with Gasteiger partial charge in [0, 0.05) is 61.6 Å². The van der Waals surface area contributed by atoms with Gasteiger partial charge in [-0.15, -0.1) is 0 Å². The molecule has 0 bridgehead atoms. The SMILES string of the molecule is C[C@@H]1CN(C(=O)Nc2ccc3c(ccn3C)c2)C[C@H](C)N1Cc1ccc(C(=O)O)cc1. The zero-order valence-corrected chi connectivity index (χ0v) is 18.1. The second-order valence-electron chi connectivity index (χ2n) is 8.41. The van der Waals surface area contributed by atoms with Gasteiger partial charge in [-0.05, 0) is 55.8 Å². The fourth-order valence-corrected chi connectivity index (χ4v) is 4.36. The van der Waals surface area contributed by atoms with Crippen LogP contribution in [-0.4, -0.2) is 56.6 Å². The number of nitrogens with one attached hydrogen (secondary N) is 1. The molecule has 7 nitrogen and oxygen atoms in total. The summed E-state index contributed by atoms with van der Waals surface area (Å²) in [7, 11) is 2.00. The van der Waals surface area contributed by atoms with Crippen LogP contribution in [0.25, 0.3) is 10.9 Å². The first-order valence-corrected chi connectivity index (χ1v) is 10.5. The van der Waals surface area contributed by atoms with Gasteiger partial charge in [0.25, 0.3) is 0 Å². The molecule has 1 saturated heterocycles. The first-order chi connectivity index (χ1) is 14.8. The Morgan fingerprint density at radius 2 is 1.71 bits per heavy atom. The fourth-order valence-electron chi connectivity index (χ4n) is 4.36. The highest BCUT2D eigenvalue weighted by Crippen LogP contribution is 2.22. The number of amides is 2. The molecule has 1 aliphatic rings. The van der Waals surface area contributed by atoms with E-state index in [0.29, 0.717) is 18.7 Å². The third-order valence-electron chi connectivity index (χ3n) is 6.09. The van der Waals surface area contributed by atoms with Gasteiger partial charge in [0.1, 0.15) is 0 Å². The van der Waals surface area contributed by atoms with Crippen molar-refractivity contribution in [1.29, 1.82) is 0 Å². The van der Waals surface area contributed by atoms with E-state index in [2.05, 4.69) is 28.6 Å². The minimum absolute atomic E-state index is 0.0838. The van der Waals surface area contributed by atoms with E-state index in [9.17, 15) is 9.59 Å². The van der Waals surface area contributed by atoms with Crippen molar-refractivity contribution in [2.45, 2.75) is 32.5 Å². The number of carboxylic acids is 1. The lowest BCUT2D eigenvalue weighted by atomic mass is 10.1. The number of carboxylic acid groups (broad SMARTS) is 1. The molecule has 2 heterocycles. The number of aromatic nitrogens is 1. The lowest BCUT2D eigenvalue weighted by molar-refractivity contribution is 0.0526. The van der Waals surface area contributed by atoms with Crippen LogP contribution in [0.5, 0.6) is 0 Å². The van der Waals surface area contributed by atoms with Crippen LogP contribution < -0.4 is 5.32 Å². The van der Waals surface area contributed by atoms with Gasteiger partial charge in [0.15, 0.2) is 0 Å². The Morgan fingerprint density at radius 3 is 2.35 bits per heavy atom. The summed E-state index contributed by atoms with van der Waals surface area (Å²) in [5, 5.41) is 13.2. The third-order valence-corrected chi connectivity index (χ3v) is 6.09. The molecule has 2 atom stereocenters. The Balaban J connectivity index is 1.39. The maximum atomic E-state index is 12.9. The van der Waals surface area contributed by atoms with Gasteiger partial charge in [-0.1, -0.05) is 12.1 Å². The predicted octanol–water partition coefficient (Wildman–Crippen LogP) is 4.00. The van der Waals surface area contributed by atoms with E-state index in [1.807, 2.05) is 54.5 Å². The number of aromatic carboxylic acids is 1. The summed E-state index contributed by atoms with van der Waals surface area (Å²) in [4.78, 5) is 28.2. The highest BCUT2D eigenvalue weighted by atomic mass is 16.4. The van der Waals surface area contributed by atoms with Crippen LogP contribution in [0.4, 0.5) is 10.5 Å². The Labute approximate surface area is 181 Å². The van der Waals surface area contributed by atoms with Gasteiger partial charge in [0.05, 0.1) is 5.56 Å². The number of carbonyl (C=O) groups is 2. The summed E-state index contributed by atoms with van der Waals surface area (Å²) in [6, 6.07) is 15.3. The zero-order valence-electron chi connectivity index (χ0n) is 18.1. The summed E-state index contributed by atoms with van der Waals surface area (Å²) in [6.07, 6.45) is 2.01. The number of nitrogens with zero attached hydrogens (tertiary/aromatic N) is 3. The van der Waals surface area contributed by atoms with E-state index in [0.717, 1.165) is 28.7 Å². The molecule has 1 fully saturated rings. The van der Waals surface area contributed by atoms with Crippen molar-refractivity contribution < 1.29 is 14.7 Å². The molecule has 4 rings (SSSR count). The quantitative estimate of drug-likeness (QED) is 0.669. The Bertz CT molecular complexity index is 1090. The normalized spacial score (nSPS) is 19.5. The van der Waals surface area contributed by atoms with Gasteiger partial charge in [-0.2, -0.15) is 0 Å².